The maximum absolute atomic E-state index is 12.5. The fourth-order valence-electron chi connectivity index (χ4n) is 2.63. The molecule has 3 heteroatoms. The average molecular weight is 265 g/mol. The van der Waals surface area contributed by atoms with Gasteiger partial charge in [0.05, 0.1) is 0 Å². The third-order valence-corrected chi connectivity index (χ3v) is 3.69. The monoisotopic (exact) mass is 265 g/mol. The van der Waals surface area contributed by atoms with Crippen LogP contribution in [0.4, 0.5) is 0 Å². The summed E-state index contributed by atoms with van der Waals surface area (Å²) in [4.78, 5) is 26.3. The molecule has 0 aliphatic carbocycles. The number of fused-ring (bicyclic) bond motifs is 1. The third-order valence-electron chi connectivity index (χ3n) is 3.69. The summed E-state index contributed by atoms with van der Waals surface area (Å²) < 4.78 is 0. The number of amides is 2. The van der Waals surface area contributed by atoms with Gasteiger partial charge in [-0.25, -0.2) is 0 Å². The predicted molar refractivity (Wildman–Crippen MR) is 76.7 cm³/mol. The summed E-state index contributed by atoms with van der Waals surface area (Å²) in [5, 5.41) is 0. The van der Waals surface area contributed by atoms with Crippen molar-refractivity contribution >= 4 is 11.8 Å². The minimum absolute atomic E-state index is 0.163. The van der Waals surface area contributed by atoms with Crippen LogP contribution < -0.4 is 0 Å². The Kier molecular flexibility index (Phi) is 3.11. The van der Waals surface area contributed by atoms with E-state index in [4.69, 9.17) is 0 Å². The van der Waals surface area contributed by atoms with Crippen LogP contribution in [-0.2, 0) is 0 Å². The lowest BCUT2D eigenvalue weighted by Crippen LogP contribution is -2.43. The van der Waals surface area contributed by atoms with Gasteiger partial charge in [0.25, 0.3) is 11.8 Å². The Hall–Kier alpha value is -2.42. The van der Waals surface area contributed by atoms with Gasteiger partial charge in [0.15, 0.2) is 0 Å². The first-order valence-electron chi connectivity index (χ1n) is 6.68. The van der Waals surface area contributed by atoms with Crippen molar-refractivity contribution < 1.29 is 9.59 Å². The molecule has 1 unspecified atom stereocenters. The highest BCUT2D eigenvalue weighted by Crippen LogP contribution is 2.28. The zero-order valence-electron chi connectivity index (χ0n) is 11.2. The van der Waals surface area contributed by atoms with Crippen LogP contribution in [0.15, 0.2) is 54.6 Å². The zero-order valence-corrected chi connectivity index (χ0v) is 11.2. The van der Waals surface area contributed by atoms with Gasteiger partial charge in [0, 0.05) is 23.6 Å². The molecule has 0 saturated carbocycles. The molecule has 3 nitrogen and oxygen atoms in total. The van der Waals surface area contributed by atoms with Crippen molar-refractivity contribution in [3.63, 3.8) is 0 Å². The van der Waals surface area contributed by atoms with Crippen LogP contribution in [0.25, 0.3) is 0 Å². The van der Waals surface area contributed by atoms with Crippen LogP contribution in [0.3, 0.4) is 0 Å². The van der Waals surface area contributed by atoms with E-state index >= 15 is 0 Å². The fourth-order valence-corrected chi connectivity index (χ4v) is 2.63. The van der Waals surface area contributed by atoms with Gasteiger partial charge >= 0.3 is 0 Å². The molecule has 0 radical (unpaired) electrons. The Balaban J connectivity index is 1.98. The summed E-state index contributed by atoms with van der Waals surface area (Å²) in [6.07, 6.45) is 0. The van der Waals surface area contributed by atoms with E-state index in [2.05, 4.69) is 0 Å². The molecule has 0 bridgehead atoms. The smallest absolute Gasteiger partial charge is 0.261 e. The molecule has 100 valence electrons. The highest BCUT2D eigenvalue weighted by atomic mass is 16.2. The molecule has 2 aromatic carbocycles. The van der Waals surface area contributed by atoms with Crippen molar-refractivity contribution in [3.05, 3.63) is 71.3 Å². The summed E-state index contributed by atoms with van der Waals surface area (Å²) in [5.41, 5.74) is 2.21. The lowest BCUT2D eigenvalue weighted by molar-refractivity contribution is 0.0591. The Morgan fingerprint density at radius 1 is 1.05 bits per heavy atom. The number of nitrogens with zero attached hydrogens (tertiary/aromatic N) is 1. The van der Waals surface area contributed by atoms with Crippen LogP contribution in [0, 0.1) is 0 Å². The second-order valence-corrected chi connectivity index (χ2v) is 5.08. The Labute approximate surface area is 117 Å². The summed E-state index contributed by atoms with van der Waals surface area (Å²) in [5.74, 6) is -0.263. The van der Waals surface area contributed by atoms with E-state index in [1.807, 2.05) is 31.2 Å². The van der Waals surface area contributed by atoms with Gasteiger partial charge in [-0.15, -0.1) is 0 Å². The van der Waals surface area contributed by atoms with Gasteiger partial charge in [-0.1, -0.05) is 43.3 Å². The van der Waals surface area contributed by atoms with Crippen molar-refractivity contribution in [2.75, 3.05) is 6.54 Å². The van der Waals surface area contributed by atoms with Crippen molar-refractivity contribution in [3.8, 4) is 0 Å². The SMILES string of the molecule is CC1CN(C(=O)c2ccccc2)C(=O)c2ccccc21. The largest absolute Gasteiger partial charge is 0.274 e. The molecule has 2 aromatic rings. The summed E-state index contributed by atoms with van der Waals surface area (Å²) >= 11 is 0. The predicted octanol–water partition coefficient (Wildman–Crippen LogP) is 3.09. The maximum Gasteiger partial charge on any atom is 0.261 e. The van der Waals surface area contributed by atoms with E-state index in [-0.39, 0.29) is 17.7 Å². The van der Waals surface area contributed by atoms with Crippen LogP contribution in [0.2, 0.25) is 0 Å². The summed E-state index contributed by atoms with van der Waals surface area (Å²) in [6, 6.07) is 16.4. The van der Waals surface area contributed by atoms with Crippen LogP contribution >= 0.6 is 0 Å². The van der Waals surface area contributed by atoms with Crippen molar-refractivity contribution in [2.45, 2.75) is 12.8 Å². The minimum Gasteiger partial charge on any atom is -0.274 e. The molecule has 1 aliphatic rings. The van der Waals surface area contributed by atoms with Gasteiger partial charge in [-0.05, 0) is 23.8 Å². The lowest BCUT2D eigenvalue weighted by atomic mass is 9.90. The molecular weight excluding hydrogens is 250 g/mol. The Morgan fingerprint density at radius 3 is 2.45 bits per heavy atom. The lowest BCUT2D eigenvalue weighted by Gasteiger charge is -2.31. The quantitative estimate of drug-likeness (QED) is 0.743. The molecule has 1 aliphatic heterocycles. The normalized spacial score (nSPS) is 17.8. The molecule has 1 heterocycles. The number of carbonyl (C=O) groups excluding carboxylic acids is 2. The molecule has 20 heavy (non-hydrogen) atoms. The van der Waals surface area contributed by atoms with Crippen LogP contribution in [0.1, 0.15) is 39.1 Å². The summed E-state index contributed by atoms with van der Waals surface area (Å²) in [6.45, 7) is 2.47. The minimum atomic E-state index is -0.225. The number of carbonyl (C=O) groups is 2. The zero-order chi connectivity index (χ0) is 14.1. The fraction of sp³-hybridized carbons (Fsp3) is 0.176. The average Bonchev–Trinajstić information content (AvgIpc) is 2.51. The van der Waals surface area contributed by atoms with E-state index in [0.717, 1.165) is 5.56 Å². The van der Waals surface area contributed by atoms with E-state index in [0.29, 0.717) is 17.7 Å². The molecular formula is C17H15NO2. The van der Waals surface area contributed by atoms with Crippen molar-refractivity contribution in [1.82, 2.24) is 4.90 Å². The van der Waals surface area contributed by atoms with E-state index in [1.165, 1.54) is 4.90 Å². The number of benzene rings is 2. The first-order valence-corrected chi connectivity index (χ1v) is 6.68. The number of hydrogen-bond acceptors (Lipinski definition) is 2. The van der Waals surface area contributed by atoms with Gasteiger partial charge in [-0.3, -0.25) is 14.5 Å². The highest BCUT2D eigenvalue weighted by Gasteiger charge is 2.32. The van der Waals surface area contributed by atoms with Crippen LogP contribution in [-0.4, -0.2) is 23.3 Å². The third kappa shape index (κ3) is 2.01. The van der Waals surface area contributed by atoms with Gasteiger partial charge in [0.2, 0.25) is 0 Å². The van der Waals surface area contributed by atoms with Crippen molar-refractivity contribution in [2.24, 2.45) is 0 Å². The topological polar surface area (TPSA) is 37.4 Å². The molecule has 0 spiro atoms. The molecule has 3 rings (SSSR count). The van der Waals surface area contributed by atoms with E-state index in [1.54, 1.807) is 30.3 Å². The van der Waals surface area contributed by atoms with E-state index in [9.17, 15) is 9.59 Å². The molecule has 0 fully saturated rings. The second-order valence-electron chi connectivity index (χ2n) is 5.08. The first-order chi connectivity index (χ1) is 9.68. The molecule has 0 saturated heterocycles. The Morgan fingerprint density at radius 2 is 1.70 bits per heavy atom. The molecule has 1 atom stereocenters. The van der Waals surface area contributed by atoms with Gasteiger partial charge in [-0.2, -0.15) is 0 Å². The summed E-state index contributed by atoms with van der Waals surface area (Å²) in [7, 11) is 0. The molecule has 0 aromatic heterocycles. The van der Waals surface area contributed by atoms with E-state index < -0.39 is 0 Å². The van der Waals surface area contributed by atoms with Gasteiger partial charge in [0.1, 0.15) is 0 Å². The first kappa shape index (κ1) is 12.6. The standard InChI is InChI=1S/C17H15NO2/c1-12-11-18(16(19)13-7-3-2-4-8-13)17(20)15-10-6-5-9-14(12)15/h2-10,12H,11H2,1H3. The highest BCUT2D eigenvalue weighted by molar-refractivity contribution is 6.11. The Bertz CT molecular complexity index is 664. The number of hydrogen-bond donors (Lipinski definition) is 0. The maximum atomic E-state index is 12.5. The number of imide groups is 1. The van der Waals surface area contributed by atoms with Gasteiger partial charge < -0.3 is 0 Å². The molecule has 2 amide bonds. The van der Waals surface area contributed by atoms with Crippen molar-refractivity contribution in [1.29, 1.82) is 0 Å². The van der Waals surface area contributed by atoms with Crippen LogP contribution in [0.5, 0.6) is 0 Å². The molecule has 0 N–H and O–H groups in total. The second kappa shape index (κ2) is 4.93. The number of rotatable bonds is 1.